The number of aryl methyl sites for hydroxylation is 2. The van der Waals surface area contributed by atoms with Gasteiger partial charge in [-0.3, -0.25) is 9.32 Å². The van der Waals surface area contributed by atoms with E-state index in [0.29, 0.717) is 10.2 Å². The van der Waals surface area contributed by atoms with Crippen LogP contribution in [0, 0.1) is 0 Å². The summed E-state index contributed by atoms with van der Waals surface area (Å²) < 4.78 is 46.8. The van der Waals surface area contributed by atoms with Crippen LogP contribution in [-0.4, -0.2) is 22.4 Å². The molecule has 1 aliphatic carbocycles. The Bertz CT molecular complexity index is 1420. The minimum Gasteiger partial charge on any atom is -0.406 e. The fourth-order valence-corrected chi connectivity index (χ4v) is 4.76. The fourth-order valence-electron chi connectivity index (χ4n) is 3.72. The lowest BCUT2D eigenvalue weighted by molar-refractivity contribution is -0.672. The molecule has 0 radical (unpaired) electrons. The van der Waals surface area contributed by atoms with Gasteiger partial charge in [0, 0.05) is 23.2 Å². The molecule has 0 bridgehead atoms. The number of rotatable bonds is 4. The van der Waals surface area contributed by atoms with Crippen LogP contribution in [0.5, 0.6) is 5.75 Å². The molecule has 0 saturated heterocycles. The van der Waals surface area contributed by atoms with E-state index in [4.69, 9.17) is 10.3 Å². The number of fused-ring (bicyclic) bond motifs is 2. The molecule has 0 unspecified atom stereocenters. The Morgan fingerprint density at radius 2 is 2.00 bits per heavy atom. The van der Waals surface area contributed by atoms with Crippen molar-refractivity contribution in [2.75, 3.05) is 5.73 Å². The predicted octanol–water partition coefficient (Wildman–Crippen LogP) is 3.05. The summed E-state index contributed by atoms with van der Waals surface area (Å²) in [5.74, 6) is -1.13. The number of alkyl halides is 3. The number of aromatic nitrogens is 3. The summed E-state index contributed by atoms with van der Waals surface area (Å²) in [7, 11) is 0. The van der Waals surface area contributed by atoms with Crippen LogP contribution in [0.1, 0.15) is 33.0 Å². The van der Waals surface area contributed by atoms with Crippen molar-refractivity contribution in [1.29, 1.82) is 0 Å². The van der Waals surface area contributed by atoms with Crippen molar-refractivity contribution in [3.05, 3.63) is 62.6 Å². The normalized spacial score (nSPS) is 13.5. The number of pyridine rings is 1. The zero-order chi connectivity index (χ0) is 22.6. The van der Waals surface area contributed by atoms with E-state index in [1.54, 1.807) is 0 Å². The van der Waals surface area contributed by atoms with Crippen molar-refractivity contribution in [2.24, 2.45) is 0 Å². The molecule has 0 saturated carbocycles. The van der Waals surface area contributed by atoms with Crippen LogP contribution in [0.2, 0.25) is 0 Å². The molecule has 1 aromatic carbocycles. The molecule has 12 heteroatoms. The minimum atomic E-state index is -4.84. The van der Waals surface area contributed by atoms with Crippen molar-refractivity contribution in [2.45, 2.75) is 25.6 Å². The van der Waals surface area contributed by atoms with Crippen LogP contribution in [0.4, 0.5) is 18.9 Å². The van der Waals surface area contributed by atoms with Crippen molar-refractivity contribution in [3.63, 3.8) is 0 Å². The molecule has 32 heavy (non-hydrogen) atoms. The zero-order valence-electron chi connectivity index (χ0n) is 16.2. The quantitative estimate of drug-likeness (QED) is 0.355. The lowest BCUT2D eigenvalue weighted by atomic mass is 10.1. The largest absolute Gasteiger partial charge is 0.573 e. The molecule has 0 atom stereocenters. The SMILES string of the molecule is Nc1c(C(=O)c2c(=O)o[nH][n+]2-c2ccc(OC(F)(F)F)cc2)sc2nc3c(cc12)CCC3. The van der Waals surface area contributed by atoms with Gasteiger partial charge in [0.05, 0.1) is 5.69 Å². The number of ketones is 1. The Hall–Kier alpha value is -3.67. The van der Waals surface area contributed by atoms with Gasteiger partial charge in [0.15, 0.2) is 0 Å². The number of nitrogens with zero attached hydrogens (tertiary/aromatic N) is 2. The Labute approximate surface area is 181 Å². The van der Waals surface area contributed by atoms with Gasteiger partial charge in [-0.25, -0.2) is 9.78 Å². The second-order valence-electron chi connectivity index (χ2n) is 7.18. The van der Waals surface area contributed by atoms with E-state index in [1.807, 2.05) is 6.07 Å². The second-order valence-corrected chi connectivity index (χ2v) is 8.18. The number of nitrogens with two attached hydrogens (primary N) is 1. The minimum absolute atomic E-state index is 0.133. The second kappa shape index (κ2) is 7.19. The van der Waals surface area contributed by atoms with Crippen molar-refractivity contribution >= 4 is 33.0 Å². The van der Waals surface area contributed by atoms with E-state index in [9.17, 15) is 22.8 Å². The summed E-state index contributed by atoms with van der Waals surface area (Å²) in [6, 6.07) is 6.51. The molecule has 0 fully saturated rings. The van der Waals surface area contributed by atoms with Crippen LogP contribution in [0.15, 0.2) is 39.6 Å². The van der Waals surface area contributed by atoms with Gasteiger partial charge in [0.2, 0.25) is 5.69 Å². The van der Waals surface area contributed by atoms with Crippen LogP contribution in [0.3, 0.4) is 0 Å². The van der Waals surface area contributed by atoms with Gasteiger partial charge < -0.3 is 10.5 Å². The van der Waals surface area contributed by atoms with Crippen LogP contribution < -0.4 is 20.8 Å². The number of ether oxygens (including phenoxy) is 1. The molecule has 0 spiro atoms. The van der Waals surface area contributed by atoms with Gasteiger partial charge in [-0.1, -0.05) is 0 Å². The lowest BCUT2D eigenvalue weighted by Gasteiger charge is -2.07. The molecule has 5 rings (SSSR count). The predicted molar refractivity (Wildman–Crippen MR) is 107 cm³/mol. The van der Waals surface area contributed by atoms with Gasteiger partial charge in [0.25, 0.3) is 5.78 Å². The maximum Gasteiger partial charge on any atom is 0.573 e. The number of halogens is 3. The summed E-state index contributed by atoms with van der Waals surface area (Å²) in [5.41, 5.74) is 7.39. The number of aromatic amines is 1. The highest BCUT2D eigenvalue weighted by Gasteiger charge is 2.35. The summed E-state index contributed by atoms with van der Waals surface area (Å²) >= 11 is 1.08. The number of anilines is 1. The molecule has 8 nitrogen and oxygen atoms in total. The summed E-state index contributed by atoms with van der Waals surface area (Å²) in [6.07, 6.45) is -2.07. The highest BCUT2D eigenvalue weighted by molar-refractivity contribution is 7.21. The average molecular weight is 463 g/mol. The van der Waals surface area contributed by atoms with Gasteiger partial charge in [-0.2, -0.15) is 0 Å². The number of benzene rings is 1. The third-order valence-corrected chi connectivity index (χ3v) is 6.26. The maximum absolute atomic E-state index is 13.2. The summed E-state index contributed by atoms with van der Waals surface area (Å²) in [4.78, 5) is 30.9. The molecule has 3 aromatic heterocycles. The van der Waals surface area contributed by atoms with E-state index in [2.05, 4.69) is 15.0 Å². The Morgan fingerprint density at radius 1 is 1.25 bits per heavy atom. The van der Waals surface area contributed by atoms with Crippen molar-refractivity contribution < 1.29 is 31.9 Å². The third-order valence-electron chi connectivity index (χ3n) is 5.15. The molecular weight excluding hydrogens is 449 g/mol. The van der Waals surface area contributed by atoms with Gasteiger partial charge in [-0.15, -0.1) is 24.5 Å². The third kappa shape index (κ3) is 3.42. The first-order valence-electron chi connectivity index (χ1n) is 9.46. The van der Waals surface area contributed by atoms with Gasteiger partial charge >= 0.3 is 17.7 Å². The zero-order valence-corrected chi connectivity index (χ0v) is 17.0. The number of hydrogen-bond donors (Lipinski definition) is 2. The molecule has 4 aromatic rings. The first-order chi connectivity index (χ1) is 15.2. The summed E-state index contributed by atoms with van der Waals surface area (Å²) in [5, 5.41) is 2.94. The van der Waals surface area contributed by atoms with E-state index in [-0.39, 0.29) is 21.9 Å². The highest BCUT2D eigenvalue weighted by Crippen LogP contribution is 2.36. The first kappa shape index (κ1) is 20.2. The molecule has 0 amide bonds. The van der Waals surface area contributed by atoms with E-state index in [1.165, 1.54) is 12.1 Å². The molecular formula is C20H14F3N4O4S+. The number of hydrogen-bond acceptors (Lipinski definition) is 7. The maximum atomic E-state index is 13.2. The molecule has 164 valence electrons. The number of nitrogen functional groups attached to an aromatic ring is 1. The number of H-pyrrole nitrogens is 1. The number of carbonyl (C=O) groups excluding carboxylic acids is 1. The van der Waals surface area contributed by atoms with Crippen LogP contribution in [-0.2, 0) is 12.8 Å². The van der Waals surface area contributed by atoms with Gasteiger partial charge in [0.1, 0.15) is 15.5 Å². The van der Waals surface area contributed by atoms with E-state index >= 15 is 0 Å². The molecule has 3 N–H and O–H groups in total. The van der Waals surface area contributed by atoms with Crippen molar-refractivity contribution in [1.82, 2.24) is 10.3 Å². The van der Waals surface area contributed by atoms with E-state index in [0.717, 1.165) is 58.7 Å². The van der Waals surface area contributed by atoms with Crippen molar-refractivity contribution in [3.8, 4) is 11.4 Å². The van der Waals surface area contributed by atoms with Crippen LogP contribution >= 0.6 is 11.3 Å². The first-order valence-corrected chi connectivity index (χ1v) is 10.3. The topological polar surface area (TPSA) is 115 Å². The van der Waals surface area contributed by atoms with Gasteiger partial charge in [-0.05, 0) is 53.0 Å². The smallest absolute Gasteiger partial charge is 0.406 e. The number of nitrogens with one attached hydrogen (secondary N) is 1. The Morgan fingerprint density at radius 3 is 2.72 bits per heavy atom. The molecule has 3 heterocycles. The highest BCUT2D eigenvalue weighted by atomic mass is 32.1. The number of carbonyl (C=O) groups is 1. The van der Waals surface area contributed by atoms with E-state index < -0.39 is 23.5 Å². The summed E-state index contributed by atoms with van der Waals surface area (Å²) in [6.45, 7) is 0. The Kier molecular flexibility index (Phi) is 4.55. The average Bonchev–Trinajstić information content (AvgIpc) is 3.43. The lowest BCUT2D eigenvalue weighted by Crippen LogP contribution is -2.41. The molecule has 1 aliphatic rings. The van der Waals surface area contributed by atoms with Crippen LogP contribution in [0.25, 0.3) is 15.9 Å². The number of thiophene rings is 1. The molecule has 0 aliphatic heterocycles. The Balaban J connectivity index is 1.54. The standard InChI is InChI=1S/C20H13F3N4O4S/c21-20(22,23)30-11-6-4-10(5-7-11)27-15(19(29)31-26-27)16(28)17-14(24)12-8-9-2-1-3-13(9)25-18(12)32-17/h4-8H,1-3H2,(H2-,24,26,28,29)/p+1. The monoisotopic (exact) mass is 463 g/mol. The fraction of sp³-hybridized carbons (Fsp3) is 0.200.